The number of carbonyl (C=O) groups is 4. The van der Waals surface area contributed by atoms with Crippen molar-refractivity contribution in [2.45, 2.75) is 127 Å². The Labute approximate surface area is 410 Å². The number of carbonyl (C=O) groups excluding carboxylic acids is 4. The lowest BCUT2D eigenvalue weighted by atomic mass is 9.90. The molecule has 384 valence electrons. The van der Waals surface area contributed by atoms with Crippen LogP contribution in [0.15, 0.2) is 29.3 Å². The molecule has 69 heavy (non-hydrogen) atoms. The summed E-state index contributed by atoms with van der Waals surface area (Å²) in [6, 6.07) is 6.21. The van der Waals surface area contributed by atoms with Crippen molar-refractivity contribution in [1.29, 1.82) is 0 Å². The highest BCUT2D eigenvalue weighted by Gasteiger charge is 2.32. The predicted molar refractivity (Wildman–Crippen MR) is 270 cm³/mol. The first-order chi connectivity index (χ1) is 33.3. The van der Waals surface area contributed by atoms with Gasteiger partial charge in [0.2, 0.25) is 0 Å². The van der Waals surface area contributed by atoms with Gasteiger partial charge in [-0.2, -0.15) is 0 Å². The van der Waals surface area contributed by atoms with E-state index in [9.17, 15) is 19.2 Å². The van der Waals surface area contributed by atoms with Gasteiger partial charge in [0, 0.05) is 71.5 Å². The van der Waals surface area contributed by atoms with Gasteiger partial charge in [0.05, 0.1) is 55.7 Å². The summed E-state index contributed by atoms with van der Waals surface area (Å²) in [6.07, 6.45) is 12.3. The van der Waals surface area contributed by atoms with E-state index in [0.717, 1.165) is 83.0 Å². The van der Waals surface area contributed by atoms with Gasteiger partial charge in [-0.3, -0.25) is 19.2 Å². The van der Waals surface area contributed by atoms with Crippen molar-refractivity contribution < 1.29 is 38.1 Å². The Morgan fingerprint density at radius 3 is 1.39 bits per heavy atom. The van der Waals surface area contributed by atoms with Crippen LogP contribution in [0.4, 0.5) is 0 Å². The van der Waals surface area contributed by atoms with Crippen LogP contribution in [-0.4, -0.2) is 157 Å². The van der Waals surface area contributed by atoms with E-state index in [1.54, 1.807) is 24.3 Å². The van der Waals surface area contributed by atoms with Crippen molar-refractivity contribution >= 4 is 29.6 Å². The molecule has 0 aromatic heterocycles. The molecule has 18 nitrogen and oxygen atoms in total. The van der Waals surface area contributed by atoms with Gasteiger partial charge in [0.1, 0.15) is 23.0 Å². The summed E-state index contributed by atoms with van der Waals surface area (Å²) < 4.78 is 23.8. The summed E-state index contributed by atoms with van der Waals surface area (Å²) in [5.74, 6) is 1.40. The minimum Gasteiger partial charge on any atom is -0.496 e. The van der Waals surface area contributed by atoms with E-state index in [-0.39, 0.29) is 70.2 Å². The van der Waals surface area contributed by atoms with Crippen LogP contribution in [0.2, 0.25) is 0 Å². The molecule has 0 spiro atoms. The second-order valence-corrected chi connectivity index (χ2v) is 19.2. The van der Waals surface area contributed by atoms with Crippen molar-refractivity contribution in [2.75, 3.05) is 88.3 Å². The SMILES string of the molecule is COc1cc(OC)c(C(=O)NC2CCC(NC(=O)c3cc(C(=O)N4CCC(CN)CC4)c(OCCCCCN)cc3OCCCCCN)CC2)cc1C(=O)NC1CCC(N=C(N(C)C)N(C)C)CC1. The predicted octanol–water partition coefficient (Wildman–Crippen LogP) is 4.52. The summed E-state index contributed by atoms with van der Waals surface area (Å²) in [5.41, 5.74) is 18.5. The zero-order valence-corrected chi connectivity index (χ0v) is 42.2. The number of nitrogens with zero attached hydrogens (tertiary/aromatic N) is 4. The Hall–Kier alpha value is -5.33. The summed E-state index contributed by atoms with van der Waals surface area (Å²) >= 11 is 0. The second-order valence-electron chi connectivity index (χ2n) is 19.2. The summed E-state index contributed by atoms with van der Waals surface area (Å²) in [7, 11) is 10.9. The molecule has 2 aromatic rings. The smallest absolute Gasteiger partial charge is 0.257 e. The minimum atomic E-state index is -0.369. The molecule has 1 aliphatic heterocycles. The van der Waals surface area contributed by atoms with Crippen LogP contribution in [0.25, 0.3) is 0 Å². The Balaban J connectivity index is 1.25. The average molecular weight is 963 g/mol. The van der Waals surface area contributed by atoms with E-state index in [1.165, 1.54) is 14.2 Å². The molecule has 1 saturated heterocycles. The molecule has 18 heteroatoms. The number of likely N-dealkylation sites (tertiary alicyclic amines) is 1. The number of nitrogens with two attached hydrogens (primary N) is 3. The number of hydrogen-bond acceptors (Lipinski definition) is 12. The molecule has 9 N–H and O–H groups in total. The summed E-state index contributed by atoms with van der Waals surface area (Å²) in [4.78, 5) is 67.0. The molecule has 0 bridgehead atoms. The number of ether oxygens (including phenoxy) is 4. The molecule has 0 atom stereocenters. The van der Waals surface area contributed by atoms with Gasteiger partial charge >= 0.3 is 0 Å². The van der Waals surface area contributed by atoms with Crippen LogP contribution in [0.5, 0.6) is 23.0 Å². The fraction of sp³-hybridized carbons (Fsp3) is 0.667. The maximum atomic E-state index is 14.3. The number of methoxy groups -OCH3 is 2. The summed E-state index contributed by atoms with van der Waals surface area (Å²) in [5, 5.41) is 9.54. The fourth-order valence-corrected chi connectivity index (χ4v) is 9.47. The van der Waals surface area contributed by atoms with Crippen LogP contribution in [0, 0.1) is 5.92 Å². The van der Waals surface area contributed by atoms with E-state index in [2.05, 4.69) is 16.0 Å². The average Bonchev–Trinajstić information content (AvgIpc) is 3.35. The van der Waals surface area contributed by atoms with Gasteiger partial charge in [-0.1, -0.05) is 0 Å². The zero-order chi connectivity index (χ0) is 49.9. The molecule has 3 fully saturated rings. The molecular formula is C51H82N10O8. The first kappa shape index (κ1) is 54.6. The third kappa shape index (κ3) is 15.8. The summed E-state index contributed by atoms with van der Waals surface area (Å²) in [6.45, 7) is 3.69. The highest BCUT2D eigenvalue weighted by Crippen LogP contribution is 2.34. The topological polar surface area (TPSA) is 241 Å². The van der Waals surface area contributed by atoms with Crippen LogP contribution in [-0.2, 0) is 0 Å². The Bertz CT molecular complexity index is 2000. The van der Waals surface area contributed by atoms with Crippen molar-refractivity contribution in [2.24, 2.45) is 28.1 Å². The molecule has 4 amide bonds. The third-order valence-corrected chi connectivity index (χ3v) is 13.5. The van der Waals surface area contributed by atoms with E-state index >= 15 is 0 Å². The lowest BCUT2D eigenvalue weighted by Gasteiger charge is -2.32. The first-order valence-corrected chi connectivity index (χ1v) is 25.2. The van der Waals surface area contributed by atoms with Gasteiger partial charge in [-0.05, 0) is 140 Å². The fourth-order valence-electron chi connectivity index (χ4n) is 9.47. The lowest BCUT2D eigenvalue weighted by molar-refractivity contribution is 0.0688. The number of piperidine rings is 1. The van der Waals surface area contributed by atoms with E-state index < -0.39 is 0 Å². The standard InChI is InChI=1S/C51H82N10O8/c1-59(2)51(60(3)4)58-38-19-17-37(18-20-38)56-48(63)40-29-39(43(66-5)31-44(40)67-6)47(62)55-35-13-15-36(16-14-35)57-49(64)41-30-42(50(65)61-25-21-34(33-54)22-26-61)46(69-28-12-8-10-24-53)32-45(41)68-27-11-7-9-23-52/h29-32,34-38H,7-28,33,52-54H2,1-6H3,(H,55,62)(H,56,63)(H,57,64). The number of guanidine groups is 1. The third-order valence-electron chi connectivity index (χ3n) is 13.5. The largest absolute Gasteiger partial charge is 0.496 e. The molecule has 2 aromatic carbocycles. The van der Waals surface area contributed by atoms with Gasteiger partial charge in [0.15, 0.2) is 5.96 Å². The number of aliphatic imine (C=N–C) groups is 1. The van der Waals surface area contributed by atoms with Crippen LogP contribution in [0.1, 0.15) is 144 Å². The Morgan fingerprint density at radius 1 is 0.565 bits per heavy atom. The molecule has 5 rings (SSSR count). The highest BCUT2D eigenvalue weighted by molar-refractivity contribution is 6.04. The molecule has 2 aliphatic carbocycles. The number of nitrogens with one attached hydrogen (secondary N) is 3. The number of amides is 4. The Kier molecular flexibility index (Phi) is 22.0. The van der Waals surface area contributed by atoms with Gasteiger partial charge in [0.25, 0.3) is 23.6 Å². The number of benzene rings is 2. The number of hydrogen-bond donors (Lipinski definition) is 6. The van der Waals surface area contributed by atoms with Crippen molar-refractivity contribution in [1.82, 2.24) is 30.7 Å². The van der Waals surface area contributed by atoms with E-state index in [4.69, 9.17) is 41.1 Å². The lowest BCUT2D eigenvalue weighted by Crippen LogP contribution is -2.44. The van der Waals surface area contributed by atoms with Gasteiger partial charge in [-0.15, -0.1) is 0 Å². The quantitative estimate of drug-likeness (QED) is 0.0511. The van der Waals surface area contributed by atoms with Crippen molar-refractivity contribution in [3.63, 3.8) is 0 Å². The minimum absolute atomic E-state index is 0.0411. The van der Waals surface area contributed by atoms with E-state index in [1.807, 2.05) is 42.9 Å². The number of unbranched alkanes of at least 4 members (excludes halogenated alkanes) is 4. The molecule has 2 saturated carbocycles. The van der Waals surface area contributed by atoms with Crippen molar-refractivity contribution in [3.8, 4) is 23.0 Å². The zero-order valence-electron chi connectivity index (χ0n) is 42.2. The van der Waals surface area contributed by atoms with Gasteiger partial charge < -0.3 is 66.8 Å². The number of rotatable bonds is 23. The maximum Gasteiger partial charge on any atom is 0.257 e. The van der Waals surface area contributed by atoms with Crippen molar-refractivity contribution in [3.05, 3.63) is 46.5 Å². The highest BCUT2D eigenvalue weighted by atomic mass is 16.5. The molecular weight excluding hydrogens is 881 g/mol. The van der Waals surface area contributed by atoms with E-state index in [0.29, 0.717) is 100 Å². The second kappa shape index (κ2) is 27.8. The van der Waals surface area contributed by atoms with Crippen LogP contribution in [0.3, 0.4) is 0 Å². The molecule has 1 heterocycles. The van der Waals surface area contributed by atoms with Crippen LogP contribution >= 0.6 is 0 Å². The molecule has 0 radical (unpaired) electrons. The monoisotopic (exact) mass is 963 g/mol. The normalized spacial score (nSPS) is 19.5. The maximum absolute atomic E-state index is 14.3. The molecule has 0 unspecified atom stereocenters. The van der Waals surface area contributed by atoms with Crippen LogP contribution < -0.4 is 52.1 Å². The van der Waals surface area contributed by atoms with Gasteiger partial charge in [-0.25, -0.2) is 4.99 Å². The first-order valence-electron chi connectivity index (χ1n) is 25.2. The Morgan fingerprint density at radius 2 is 0.971 bits per heavy atom. The molecule has 3 aliphatic rings.